The van der Waals surface area contributed by atoms with Crippen molar-refractivity contribution in [2.24, 2.45) is 5.41 Å². The molecule has 1 aromatic rings. The molecule has 2 aliphatic rings. The molecule has 1 aromatic carbocycles. The third kappa shape index (κ3) is 6.10. The van der Waals surface area contributed by atoms with E-state index in [1.54, 1.807) is 38.4 Å². The Hall–Kier alpha value is -2.94. The third-order valence-electron chi connectivity index (χ3n) is 6.54. The van der Waals surface area contributed by atoms with E-state index >= 15 is 0 Å². The predicted molar refractivity (Wildman–Crippen MR) is 124 cm³/mol. The van der Waals surface area contributed by atoms with Gasteiger partial charge in [-0.05, 0) is 55.4 Å². The third-order valence-corrected chi connectivity index (χ3v) is 6.54. The second-order valence-corrected chi connectivity index (χ2v) is 9.51. The van der Waals surface area contributed by atoms with Gasteiger partial charge >= 0.3 is 6.03 Å². The Kier molecular flexibility index (Phi) is 7.73. The Morgan fingerprint density at radius 3 is 2.39 bits per heavy atom. The number of Topliss-reactive ketones (excluding diaryl/α,β-unsaturated/α-hetero) is 1. The van der Waals surface area contributed by atoms with Gasteiger partial charge in [0.2, 0.25) is 5.91 Å². The maximum Gasteiger partial charge on any atom is 0.321 e. The number of carbonyl (C=O) groups is 4. The van der Waals surface area contributed by atoms with Gasteiger partial charge in [0.1, 0.15) is 18.7 Å². The lowest BCUT2D eigenvalue weighted by atomic mass is 9.67. The molecule has 180 valence electrons. The molecule has 33 heavy (non-hydrogen) atoms. The number of carbonyl (C=O) groups excluding carboxylic acids is 4. The predicted octanol–water partition coefficient (Wildman–Crippen LogP) is 2.32. The minimum atomic E-state index is -0.762. The zero-order valence-corrected chi connectivity index (χ0v) is 19.8. The molecule has 3 atom stereocenters. The van der Waals surface area contributed by atoms with Crippen molar-refractivity contribution in [2.75, 3.05) is 26.0 Å². The number of ether oxygens (including phenoxy) is 1. The lowest BCUT2D eigenvalue weighted by molar-refractivity contribution is -0.128. The number of nitrogens with zero attached hydrogens (tertiary/aromatic N) is 1. The van der Waals surface area contributed by atoms with Crippen molar-refractivity contribution in [1.82, 2.24) is 15.5 Å². The molecule has 1 aliphatic carbocycles. The standard InChI is InChI=1S/C24H34N4O5/c1-5-19-20(18(29)14-33-19)27-22(31)17(13-24(2)11-6-12-24)26-21(30)15-7-9-16(10-8-15)25-23(32)28(3)4/h7-10,17,19-20H,5-6,11-14H2,1-4H3,(H,25,32)(H,26,30)(H,27,31)/t17-,19-,20+/m0/s1. The Labute approximate surface area is 194 Å². The van der Waals surface area contributed by atoms with Gasteiger partial charge in [0.05, 0.1) is 6.10 Å². The van der Waals surface area contributed by atoms with Crippen LogP contribution in [-0.2, 0) is 14.3 Å². The fourth-order valence-electron chi connectivity index (χ4n) is 4.23. The second kappa shape index (κ2) is 10.3. The summed E-state index contributed by atoms with van der Waals surface area (Å²) in [7, 11) is 3.28. The summed E-state index contributed by atoms with van der Waals surface area (Å²) < 4.78 is 5.46. The monoisotopic (exact) mass is 458 g/mol. The molecule has 4 amide bonds. The van der Waals surface area contributed by atoms with Crippen molar-refractivity contribution in [3.8, 4) is 0 Å². The highest BCUT2D eigenvalue weighted by atomic mass is 16.5. The largest absolute Gasteiger partial charge is 0.368 e. The summed E-state index contributed by atoms with van der Waals surface area (Å²) in [6.45, 7) is 4.01. The minimum Gasteiger partial charge on any atom is -0.368 e. The summed E-state index contributed by atoms with van der Waals surface area (Å²) in [5, 5.41) is 8.39. The van der Waals surface area contributed by atoms with Crippen molar-refractivity contribution < 1.29 is 23.9 Å². The normalized spacial score (nSPS) is 22.1. The molecule has 0 bridgehead atoms. The van der Waals surface area contributed by atoms with Gasteiger partial charge in [-0.15, -0.1) is 0 Å². The van der Waals surface area contributed by atoms with Crippen LogP contribution in [0.15, 0.2) is 24.3 Å². The second-order valence-electron chi connectivity index (χ2n) is 9.51. The van der Waals surface area contributed by atoms with Crippen molar-refractivity contribution in [1.29, 1.82) is 0 Å². The molecule has 0 spiro atoms. The van der Waals surface area contributed by atoms with Crippen LogP contribution in [0.1, 0.15) is 56.3 Å². The van der Waals surface area contributed by atoms with Gasteiger partial charge < -0.3 is 25.6 Å². The molecule has 9 nitrogen and oxygen atoms in total. The first-order valence-corrected chi connectivity index (χ1v) is 11.5. The summed E-state index contributed by atoms with van der Waals surface area (Å²) in [5.41, 5.74) is 0.920. The molecule has 0 aromatic heterocycles. The summed E-state index contributed by atoms with van der Waals surface area (Å²) in [6.07, 6.45) is 3.86. The lowest BCUT2D eigenvalue weighted by Gasteiger charge is -2.41. The van der Waals surface area contributed by atoms with E-state index in [0.717, 1.165) is 19.3 Å². The molecule has 1 saturated carbocycles. The van der Waals surface area contributed by atoms with Crippen LogP contribution < -0.4 is 16.0 Å². The molecule has 1 aliphatic heterocycles. The van der Waals surface area contributed by atoms with E-state index in [9.17, 15) is 19.2 Å². The van der Waals surface area contributed by atoms with Gasteiger partial charge in [-0.3, -0.25) is 14.4 Å². The van der Waals surface area contributed by atoms with Crippen LogP contribution >= 0.6 is 0 Å². The zero-order chi connectivity index (χ0) is 24.2. The van der Waals surface area contributed by atoms with E-state index in [1.807, 2.05) is 6.92 Å². The molecule has 3 rings (SSSR count). The van der Waals surface area contributed by atoms with Gasteiger partial charge in [0, 0.05) is 25.3 Å². The number of hydrogen-bond acceptors (Lipinski definition) is 5. The minimum absolute atomic E-state index is 0.00506. The van der Waals surface area contributed by atoms with E-state index in [0.29, 0.717) is 24.1 Å². The quantitative estimate of drug-likeness (QED) is 0.553. The average Bonchev–Trinajstić information content (AvgIpc) is 3.11. The van der Waals surface area contributed by atoms with Gasteiger partial charge in [0.25, 0.3) is 5.91 Å². The number of rotatable bonds is 8. The molecule has 1 saturated heterocycles. The van der Waals surface area contributed by atoms with E-state index in [2.05, 4.69) is 22.9 Å². The topological polar surface area (TPSA) is 117 Å². The lowest BCUT2D eigenvalue weighted by Crippen LogP contribution is -2.55. The first-order valence-electron chi connectivity index (χ1n) is 11.5. The SMILES string of the molecule is CC[C@@H]1OCC(=O)[C@H]1NC(=O)[C@H](CC1(C)CCC1)NC(=O)c1ccc(NC(=O)N(C)C)cc1. The number of amides is 4. The van der Waals surface area contributed by atoms with Gasteiger partial charge in [-0.2, -0.15) is 0 Å². The molecular weight excluding hydrogens is 424 g/mol. The van der Waals surface area contributed by atoms with Gasteiger partial charge in [0.15, 0.2) is 5.78 Å². The van der Waals surface area contributed by atoms with Crippen LogP contribution in [0.4, 0.5) is 10.5 Å². The number of anilines is 1. The molecule has 3 N–H and O–H groups in total. The van der Waals surface area contributed by atoms with E-state index in [4.69, 9.17) is 4.74 Å². The van der Waals surface area contributed by atoms with Crippen molar-refractivity contribution in [3.63, 3.8) is 0 Å². The van der Waals surface area contributed by atoms with E-state index in [-0.39, 0.29) is 41.8 Å². The summed E-state index contributed by atoms with van der Waals surface area (Å²) in [5.74, 6) is -0.899. The Morgan fingerprint density at radius 1 is 1.18 bits per heavy atom. The van der Waals surface area contributed by atoms with Crippen LogP contribution in [0.5, 0.6) is 0 Å². The average molecular weight is 459 g/mol. The molecule has 1 heterocycles. The number of nitrogens with one attached hydrogen (secondary N) is 3. The van der Waals surface area contributed by atoms with Crippen molar-refractivity contribution in [3.05, 3.63) is 29.8 Å². The van der Waals surface area contributed by atoms with E-state index < -0.39 is 12.1 Å². The summed E-state index contributed by atoms with van der Waals surface area (Å²) in [4.78, 5) is 51.5. The van der Waals surface area contributed by atoms with Crippen LogP contribution in [0.3, 0.4) is 0 Å². The first kappa shape index (κ1) is 24.7. The fourth-order valence-corrected chi connectivity index (χ4v) is 4.23. The number of ketones is 1. The van der Waals surface area contributed by atoms with Crippen LogP contribution in [0.25, 0.3) is 0 Å². The molecule has 0 unspecified atom stereocenters. The smallest absolute Gasteiger partial charge is 0.321 e. The maximum atomic E-state index is 13.1. The summed E-state index contributed by atoms with van der Waals surface area (Å²) >= 11 is 0. The highest BCUT2D eigenvalue weighted by Crippen LogP contribution is 2.44. The van der Waals surface area contributed by atoms with Gasteiger partial charge in [-0.1, -0.05) is 20.3 Å². The number of hydrogen-bond donors (Lipinski definition) is 3. The molecule has 2 fully saturated rings. The Balaban J connectivity index is 1.69. The fraction of sp³-hybridized carbons (Fsp3) is 0.583. The van der Waals surface area contributed by atoms with Gasteiger partial charge in [-0.25, -0.2) is 4.79 Å². The molecular formula is C24H34N4O5. The Morgan fingerprint density at radius 2 is 1.85 bits per heavy atom. The van der Waals surface area contributed by atoms with Crippen molar-refractivity contribution in [2.45, 2.75) is 64.1 Å². The zero-order valence-electron chi connectivity index (χ0n) is 19.8. The highest BCUT2D eigenvalue weighted by molar-refractivity contribution is 5.99. The van der Waals surface area contributed by atoms with Crippen LogP contribution in [0, 0.1) is 5.41 Å². The van der Waals surface area contributed by atoms with Crippen LogP contribution in [-0.4, -0.2) is 67.4 Å². The van der Waals surface area contributed by atoms with Crippen molar-refractivity contribution >= 4 is 29.3 Å². The first-order chi connectivity index (χ1) is 15.6. The summed E-state index contributed by atoms with van der Waals surface area (Å²) in [6, 6.07) is 4.76. The Bertz CT molecular complexity index is 895. The molecule has 0 radical (unpaired) electrons. The number of urea groups is 1. The number of benzene rings is 1. The highest BCUT2D eigenvalue weighted by Gasteiger charge is 2.40. The maximum absolute atomic E-state index is 13.1. The van der Waals surface area contributed by atoms with E-state index in [1.165, 1.54) is 4.90 Å². The molecule has 9 heteroatoms. The van der Waals surface area contributed by atoms with Crippen LogP contribution in [0.2, 0.25) is 0 Å².